The molecule has 2 aromatic heterocycles. The van der Waals surface area contributed by atoms with Gasteiger partial charge in [0.2, 0.25) is 0 Å². The minimum absolute atomic E-state index is 0.00562. The van der Waals surface area contributed by atoms with Crippen LogP contribution >= 0.6 is 11.8 Å². The molecule has 0 aliphatic heterocycles. The van der Waals surface area contributed by atoms with E-state index in [1.54, 1.807) is 11.8 Å². The highest BCUT2D eigenvalue weighted by atomic mass is 32.2. The maximum Gasteiger partial charge on any atom is 0.188 e. The minimum atomic E-state index is 0.00562. The molecule has 0 aliphatic rings. The molecule has 0 aromatic carbocycles. The summed E-state index contributed by atoms with van der Waals surface area (Å²) in [4.78, 5) is 9.15. The number of furan rings is 1. The fraction of sp³-hybridized carbons (Fsp3) is 0.500. The molecule has 2 rings (SSSR count). The number of nitrogens with two attached hydrogens (primary N) is 1. The van der Waals surface area contributed by atoms with Crippen molar-refractivity contribution in [2.24, 2.45) is 5.73 Å². The quantitative estimate of drug-likeness (QED) is 0.671. The van der Waals surface area contributed by atoms with E-state index in [0.29, 0.717) is 0 Å². The standard InChI is InChI=1S/C16H23N3OS/c1-6-13(17)15(14-8-7-9(2)20-14)21-16-18-11(4)10(3)12(5)19-16/h7-8,13,15H,6,17H2,1-5H3. The molecule has 5 heteroatoms. The zero-order valence-electron chi connectivity index (χ0n) is 13.3. The summed E-state index contributed by atoms with van der Waals surface area (Å²) in [5, 5.41) is 0.795. The largest absolute Gasteiger partial charge is 0.465 e. The molecule has 2 unspecified atom stereocenters. The van der Waals surface area contributed by atoms with Crippen molar-refractivity contribution >= 4 is 11.8 Å². The lowest BCUT2D eigenvalue weighted by atomic mass is 10.1. The lowest BCUT2D eigenvalue weighted by Gasteiger charge is -2.20. The Labute approximate surface area is 130 Å². The van der Waals surface area contributed by atoms with Crippen molar-refractivity contribution in [3.05, 3.63) is 40.6 Å². The smallest absolute Gasteiger partial charge is 0.188 e. The second-order valence-electron chi connectivity index (χ2n) is 5.36. The second kappa shape index (κ2) is 6.62. The molecule has 0 aliphatic carbocycles. The van der Waals surface area contributed by atoms with Crippen LogP contribution in [-0.2, 0) is 0 Å². The van der Waals surface area contributed by atoms with Crippen molar-refractivity contribution in [2.45, 2.75) is 57.5 Å². The van der Waals surface area contributed by atoms with Crippen LogP contribution in [0.3, 0.4) is 0 Å². The predicted octanol–water partition coefficient (Wildman–Crippen LogP) is 3.87. The summed E-state index contributed by atoms with van der Waals surface area (Å²) in [5.74, 6) is 1.79. The van der Waals surface area contributed by atoms with Crippen molar-refractivity contribution in [3.63, 3.8) is 0 Å². The summed E-state index contributed by atoms with van der Waals surface area (Å²) in [6, 6.07) is 3.97. The number of aryl methyl sites for hydroxylation is 3. The Morgan fingerprint density at radius 3 is 2.24 bits per heavy atom. The van der Waals surface area contributed by atoms with Gasteiger partial charge in [0, 0.05) is 17.4 Å². The molecule has 2 heterocycles. The van der Waals surface area contributed by atoms with E-state index in [1.807, 2.05) is 39.8 Å². The van der Waals surface area contributed by atoms with Gasteiger partial charge in [-0.25, -0.2) is 9.97 Å². The Bertz CT molecular complexity index is 601. The van der Waals surface area contributed by atoms with Gasteiger partial charge in [-0.1, -0.05) is 18.7 Å². The second-order valence-corrected chi connectivity index (χ2v) is 6.47. The number of aromatic nitrogens is 2. The van der Waals surface area contributed by atoms with Gasteiger partial charge in [-0.2, -0.15) is 0 Å². The van der Waals surface area contributed by atoms with Crippen LogP contribution in [-0.4, -0.2) is 16.0 Å². The highest BCUT2D eigenvalue weighted by Gasteiger charge is 2.24. The molecule has 0 spiro atoms. The van der Waals surface area contributed by atoms with Crippen molar-refractivity contribution in [2.75, 3.05) is 0 Å². The van der Waals surface area contributed by atoms with Crippen molar-refractivity contribution in [3.8, 4) is 0 Å². The van der Waals surface area contributed by atoms with Crippen LogP contribution in [0.25, 0.3) is 0 Å². The molecule has 0 saturated carbocycles. The van der Waals surface area contributed by atoms with E-state index in [-0.39, 0.29) is 11.3 Å². The van der Waals surface area contributed by atoms with Gasteiger partial charge >= 0.3 is 0 Å². The molecular formula is C16H23N3OS. The molecule has 0 saturated heterocycles. The fourth-order valence-electron chi connectivity index (χ4n) is 2.08. The topological polar surface area (TPSA) is 64.9 Å². The Hall–Kier alpha value is -1.33. The first-order valence-electron chi connectivity index (χ1n) is 7.22. The lowest BCUT2D eigenvalue weighted by Crippen LogP contribution is -2.25. The summed E-state index contributed by atoms with van der Waals surface area (Å²) >= 11 is 1.58. The van der Waals surface area contributed by atoms with Gasteiger partial charge in [0.15, 0.2) is 5.16 Å². The van der Waals surface area contributed by atoms with E-state index >= 15 is 0 Å². The van der Waals surface area contributed by atoms with Gasteiger partial charge in [0.25, 0.3) is 0 Å². The summed E-state index contributed by atoms with van der Waals surface area (Å²) < 4.78 is 5.77. The summed E-state index contributed by atoms with van der Waals surface area (Å²) in [6.07, 6.45) is 0.876. The number of nitrogens with zero attached hydrogens (tertiary/aromatic N) is 2. The minimum Gasteiger partial charge on any atom is -0.465 e. The molecule has 2 N–H and O–H groups in total. The predicted molar refractivity (Wildman–Crippen MR) is 86.6 cm³/mol. The average Bonchev–Trinajstić information content (AvgIpc) is 2.87. The van der Waals surface area contributed by atoms with Crippen LogP contribution in [0.4, 0.5) is 0 Å². The van der Waals surface area contributed by atoms with Crippen LogP contribution in [0.2, 0.25) is 0 Å². The maximum absolute atomic E-state index is 6.28. The first kappa shape index (κ1) is 16.0. The van der Waals surface area contributed by atoms with Gasteiger partial charge in [-0.15, -0.1) is 0 Å². The Morgan fingerprint density at radius 1 is 1.14 bits per heavy atom. The third kappa shape index (κ3) is 3.66. The fourth-order valence-corrected chi connectivity index (χ4v) is 3.30. The normalized spacial score (nSPS) is 14.2. The molecular weight excluding hydrogens is 282 g/mol. The molecule has 2 atom stereocenters. The Kier molecular flexibility index (Phi) is 5.06. The summed E-state index contributed by atoms with van der Waals surface area (Å²) in [6.45, 7) is 10.1. The van der Waals surface area contributed by atoms with Gasteiger partial charge < -0.3 is 10.2 Å². The number of hydrogen-bond acceptors (Lipinski definition) is 5. The number of rotatable bonds is 5. The molecule has 21 heavy (non-hydrogen) atoms. The zero-order chi connectivity index (χ0) is 15.6. The van der Waals surface area contributed by atoms with Gasteiger partial charge in [0.05, 0.1) is 5.25 Å². The molecule has 114 valence electrons. The van der Waals surface area contributed by atoms with E-state index < -0.39 is 0 Å². The molecule has 0 fully saturated rings. The number of hydrogen-bond donors (Lipinski definition) is 1. The first-order valence-corrected chi connectivity index (χ1v) is 8.10. The van der Waals surface area contributed by atoms with Gasteiger partial charge in [-0.05, 0) is 51.8 Å². The molecule has 0 amide bonds. The van der Waals surface area contributed by atoms with Crippen LogP contribution in [0, 0.1) is 27.7 Å². The maximum atomic E-state index is 6.28. The average molecular weight is 305 g/mol. The van der Waals surface area contributed by atoms with E-state index in [9.17, 15) is 0 Å². The van der Waals surface area contributed by atoms with Crippen LogP contribution in [0.5, 0.6) is 0 Å². The SMILES string of the molecule is CCC(N)C(Sc1nc(C)c(C)c(C)n1)c1ccc(C)o1. The first-order chi connectivity index (χ1) is 9.92. The Balaban J connectivity index is 2.31. The van der Waals surface area contributed by atoms with E-state index in [4.69, 9.17) is 10.2 Å². The van der Waals surface area contributed by atoms with Crippen LogP contribution in [0.1, 0.15) is 47.1 Å². The van der Waals surface area contributed by atoms with Crippen LogP contribution < -0.4 is 5.73 Å². The summed E-state index contributed by atoms with van der Waals surface area (Å²) in [7, 11) is 0. The van der Waals surface area contributed by atoms with E-state index in [0.717, 1.165) is 40.0 Å². The number of thioether (sulfide) groups is 1. The van der Waals surface area contributed by atoms with Crippen LogP contribution in [0.15, 0.2) is 21.7 Å². The van der Waals surface area contributed by atoms with Gasteiger partial charge in [0.1, 0.15) is 11.5 Å². The Morgan fingerprint density at radius 2 is 1.76 bits per heavy atom. The van der Waals surface area contributed by atoms with Crippen molar-refractivity contribution in [1.29, 1.82) is 0 Å². The highest BCUT2D eigenvalue weighted by Crippen LogP contribution is 2.37. The highest BCUT2D eigenvalue weighted by molar-refractivity contribution is 7.99. The summed E-state index contributed by atoms with van der Waals surface area (Å²) in [5.41, 5.74) is 9.46. The third-order valence-corrected chi connectivity index (χ3v) is 4.98. The lowest BCUT2D eigenvalue weighted by molar-refractivity contribution is 0.454. The third-order valence-electron chi connectivity index (χ3n) is 3.75. The molecule has 0 radical (unpaired) electrons. The van der Waals surface area contributed by atoms with Crippen molar-refractivity contribution in [1.82, 2.24) is 9.97 Å². The van der Waals surface area contributed by atoms with E-state index in [1.165, 1.54) is 0 Å². The van der Waals surface area contributed by atoms with E-state index in [2.05, 4.69) is 16.9 Å². The zero-order valence-corrected chi connectivity index (χ0v) is 14.1. The molecule has 2 aromatic rings. The monoisotopic (exact) mass is 305 g/mol. The molecule has 4 nitrogen and oxygen atoms in total. The van der Waals surface area contributed by atoms with Crippen molar-refractivity contribution < 1.29 is 4.42 Å². The van der Waals surface area contributed by atoms with Gasteiger partial charge in [-0.3, -0.25) is 0 Å². The molecule has 0 bridgehead atoms.